The molecule has 0 saturated heterocycles. The lowest BCUT2D eigenvalue weighted by Gasteiger charge is -2.28. The molecule has 8 nitrogen and oxygen atoms in total. The van der Waals surface area contributed by atoms with E-state index in [0.29, 0.717) is 11.0 Å². The number of phosphoric ester groups is 1. The Morgan fingerprint density at radius 1 is 0.829 bits per heavy atom. The fraction of sp³-hybridized carbons (Fsp3) is 0.962. The molecule has 1 N–H and O–H groups in total. The molecular formula is C26H54NO7P. The second-order valence-corrected chi connectivity index (χ2v) is 12.0. The first-order chi connectivity index (χ1) is 16.6. The van der Waals surface area contributed by atoms with E-state index in [2.05, 4.69) is 6.92 Å². The fourth-order valence-corrected chi connectivity index (χ4v) is 4.38. The van der Waals surface area contributed by atoms with Gasteiger partial charge >= 0.3 is 5.97 Å². The molecule has 0 aromatic carbocycles. The summed E-state index contributed by atoms with van der Waals surface area (Å²) in [5, 5.41) is 9.37. The highest BCUT2D eigenvalue weighted by Gasteiger charge is 2.19. The van der Waals surface area contributed by atoms with E-state index < -0.39 is 33.1 Å². The maximum Gasteiger partial charge on any atom is 0.306 e. The molecular weight excluding hydrogens is 469 g/mol. The third-order valence-corrected chi connectivity index (χ3v) is 6.88. The number of hydrogen-bond acceptors (Lipinski definition) is 7. The van der Waals surface area contributed by atoms with E-state index in [4.69, 9.17) is 13.8 Å². The minimum atomic E-state index is -4.51. The first-order valence-corrected chi connectivity index (χ1v) is 15.3. The number of esters is 1. The minimum Gasteiger partial charge on any atom is -0.756 e. The van der Waals surface area contributed by atoms with Crippen molar-refractivity contribution in [1.82, 2.24) is 0 Å². The first-order valence-electron chi connectivity index (χ1n) is 13.8. The number of hydrogen-bond donors (Lipinski definition) is 1. The molecule has 210 valence electrons. The van der Waals surface area contributed by atoms with Crippen molar-refractivity contribution in [2.24, 2.45) is 0 Å². The van der Waals surface area contributed by atoms with Gasteiger partial charge in [0.1, 0.15) is 19.3 Å². The van der Waals surface area contributed by atoms with E-state index in [9.17, 15) is 19.4 Å². The molecule has 0 aliphatic carbocycles. The monoisotopic (exact) mass is 523 g/mol. The normalized spacial score (nSPS) is 14.6. The topological polar surface area (TPSA) is 105 Å². The predicted octanol–water partition coefficient (Wildman–Crippen LogP) is 5.36. The van der Waals surface area contributed by atoms with Crippen molar-refractivity contribution in [1.29, 1.82) is 0 Å². The van der Waals surface area contributed by atoms with Gasteiger partial charge in [0.15, 0.2) is 0 Å². The lowest BCUT2D eigenvalue weighted by molar-refractivity contribution is -0.870. The average Bonchev–Trinajstić information content (AvgIpc) is 2.78. The van der Waals surface area contributed by atoms with Crippen LogP contribution in [0.2, 0.25) is 0 Å². The molecule has 0 aliphatic rings. The van der Waals surface area contributed by atoms with Gasteiger partial charge in [-0.25, -0.2) is 0 Å². The Hall–Kier alpha value is -0.500. The average molecular weight is 524 g/mol. The van der Waals surface area contributed by atoms with Gasteiger partial charge < -0.3 is 28.3 Å². The molecule has 9 heteroatoms. The van der Waals surface area contributed by atoms with Crippen molar-refractivity contribution in [3.05, 3.63) is 0 Å². The van der Waals surface area contributed by atoms with Crippen LogP contribution in [0.25, 0.3) is 0 Å². The highest BCUT2D eigenvalue weighted by atomic mass is 31.2. The number of carbonyl (C=O) groups is 1. The van der Waals surface area contributed by atoms with Gasteiger partial charge in [-0.3, -0.25) is 9.36 Å². The number of rotatable bonds is 25. The van der Waals surface area contributed by atoms with Crippen molar-refractivity contribution < 1.29 is 37.6 Å². The largest absolute Gasteiger partial charge is 0.756 e. The predicted molar refractivity (Wildman–Crippen MR) is 139 cm³/mol. The van der Waals surface area contributed by atoms with Gasteiger partial charge in [-0.15, -0.1) is 0 Å². The Morgan fingerprint density at radius 2 is 1.29 bits per heavy atom. The summed E-state index contributed by atoms with van der Waals surface area (Å²) in [5.74, 6) is -0.450. The van der Waals surface area contributed by atoms with Crippen LogP contribution in [0.15, 0.2) is 0 Å². The second-order valence-electron chi connectivity index (χ2n) is 10.6. The van der Waals surface area contributed by atoms with Crippen molar-refractivity contribution in [2.45, 2.75) is 116 Å². The maximum atomic E-state index is 12.0. The second kappa shape index (κ2) is 21.6. The summed E-state index contributed by atoms with van der Waals surface area (Å²) in [6, 6.07) is 0. The molecule has 2 atom stereocenters. The smallest absolute Gasteiger partial charge is 0.306 e. The summed E-state index contributed by atoms with van der Waals surface area (Å²) in [6.45, 7) is 1.78. The van der Waals surface area contributed by atoms with Crippen molar-refractivity contribution in [2.75, 3.05) is 47.5 Å². The number of quaternary nitrogens is 1. The standard InChI is InChI=1S/C26H54NO7P/c1-5-6-7-8-9-10-11-12-13-14-15-16-17-18-19-20-26(29)34-25(23-28)24-33-35(30,31)32-22-21-27(2,3)4/h25,28H,5-24H2,1-4H3/t25-/m1/s1. The molecule has 0 amide bonds. The summed E-state index contributed by atoms with van der Waals surface area (Å²) >= 11 is 0. The van der Waals surface area contributed by atoms with Crippen LogP contribution in [-0.2, 0) is 23.1 Å². The highest BCUT2D eigenvalue weighted by molar-refractivity contribution is 7.45. The summed E-state index contributed by atoms with van der Waals surface area (Å²) in [5.41, 5.74) is 0. The van der Waals surface area contributed by atoms with Crippen LogP contribution in [0.1, 0.15) is 110 Å². The van der Waals surface area contributed by atoms with Crippen molar-refractivity contribution >= 4 is 13.8 Å². The van der Waals surface area contributed by atoms with Crippen LogP contribution >= 0.6 is 7.82 Å². The van der Waals surface area contributed by atoms with Gasteiger partial charge in [0, 0.05) is 6.42 Å². The molecule has 0 spiro atoms. The van der Waals surface area contributed by atoms with Crippen LogP contribution in [0.4, 0.5) is 0 Å². The fourth-order valence-electron chi connectivity index (χ4n) is 3.65. The molecule has 0 rings (SSSR count). The molecule has 0 aliphatic heterocycles. The van der Waals surface area contributed by atoms with Crippen LogP contribution in [0.3, 0.4) is 0 Å². The van der Waals surface area contributed by atoms with E-state index in [1.165, 1.54) is 77.0 Å². The Kier molecular flexibility index (Phi) is 21.3. The van der Waals surface area contributed by atoms with Gasteiger partial charge in [-0.2, -0.15) is 0 Å². The third-order valence-electron chi connectivity index (χ3n) is 5.92. The zero-order valence-corrected chi connectivity index (χ0v) is 23.9. The quantitative estimate of drug-likeness (QED) is 0.0743. The third kappa shape index (κ3) is 25.0. The molecule has 35 heavy (non-hydrogen) atoms. The van der Waals surface area contributed by atoms with Crippen LogP contribution in [-0.4, -0.2) is 69.2 Å². The van der Waals surface area contributed by atoms with Gasteiger partial charge in [0.25, 0.3) is 7.82 Å². The number of carbonyl (C=O) groups excluding carboxylic acids is 1. The van der Waals surface area contributed by atoms with Crippen LogP contribution in [0.5, 0.6) is 0 Å². The summed E-state index contributed by atoms with van der Waals surface area (Å²) in [4.78, 5) is 23.8. The zero-order valence-electron chi connectivity index (χ0n) is 23.0. The Morgan fingerprint density at radius 3 is 1.71 bits per heavy atom. The van der Waals surface area contributed by atoms with Crippen molar-refractivity contribution in [3.8, 4) is 0 Å². The first kappa shape index (κ1) is 34.5. The number of aliphatic hydroxyl groups excluding tert-OH is 1. The number of phosphoric acid groups is 1. The Balaban J connectivity index is 3.68. The Labute approximate surface area is 214 Å². The zero-order chi connectivity index (χ0) is 26.4. The van der Waals surface area contributed by atoms with E-state index in [1.807, 2.05) is 21.1 Å². The van der Waals surface area contributed by atoms with Gasteiger partial charge in [0.2, 0.25) is 0 Å². The van der Waals surface area contributed by atoms with Crippen molar-refractivity contribution in [3.63, 3.8) is 0 Å². The van der Waals surface area contributed by atoms with Crippen LogP contribution < -0.4 is 4.89 Å². The SMILES string of the molecule is CCCCCCCCCCCCCCCCCC(=O)O[C@H](CO)COP(=O)([O-])OCC[N+](C)(C)C. The summed E-state index contributed by atoms with van der Waals surface area (Å²) in [6.07, 6.45) is 18.0. The number of unbranched alkanes of at least 4 members (excludes halogenated alkanes) is 14. The van der Waals surface area contributed by atoms with E-state index >= 15 is 0 Å². The molecule has 0 bridgehead atoms. The summed E-state index contributed by atoms with van der Waals surface area (Å²) in [7, 11) is 1.24. The van der Waals surface area contributed by atoms with E-state index in [0.717, 1.165) is 19.3 Å². The lowest BCUT2D eigenvalue weighted by Crippen LogP contribution is -2.37. The molecule has 0 fully saturated rings. The molecule has 0 heterocycles. The molecule has 1 unspecified atom stereocenters. The molecule has 0 radical (unpaired) electrons. The number of aliphatic hydroxyl groups is 1. The molecule has 0 aromatic heterocycles. The summed E-state index contributed by atoms with van der Waals surface area (Å²) < 4.78 is 27.1. The van der Waals surface area contributed by atoms with E-state index in [1.54, 1.807) is 0 Å². The van der Waals surface area contributed by atoms with Gasteiger partial charge in [-0.1, -0.05) is 96.8 Å². The minimum absolute atomic E-state index is 0.00689. The van der Waals surface area contributed by atoms with E-state index in [-0.39, 0.29) is 13.0 Å². The number of ether oxygens (including phenoxy) is 1. The number of nitrogens with zero attached hydrogens (tertiary/aromatic N) is 1. The van der Waals surface area contributed by atoms with Gasteiger partial charge in [-0.05, 0) is 6.42 Å². The maximum absolute atomic E-state index is 12.0. The van der Waals surface area contributed by atoms with Crippen LogP contribution in [0, 0.1) is 0 Å². The Bertz CT molecular complexity index is 554. The lowest BCUT2D eigenvalue weighted by atomic mass is 10.0. The number of likely N-dealkylation sites (N-methyl/N-ethyl adjacent to an activating group) is 1. The molecule has 0 saturated carbocycles. The van der Waals surface area contributed by atoms with Gasteiger partial charge in [0.05, 0.1) is 34.4 Å². The highest BCUT2D eigenvalue weighted by Crippen LogP contribution is 2.38. The molecule has 0 aromatic rings.